The second kappa shape index (κ2) is 19.6. The Kier molecular flexibility index (Phi) is 13.5. The van der Waals surface area contributed by atoms with Crippen LogP contribution in [0.1, 0.15) is 5.56 Å². The SMILES string of the molecule is COCCn1c(-c2cnc(-c3ccc4scnc4c3)[nH]2)nc2cc(C)ccc21.COCCn1c(-c2cnc(-c3ccc4scnc4c3)[nH]2)nc2ccccc21.O=C=O.O=C=O. The lowest BCUT2D eigenvalue weighted by Gasteiger charge is -2.07. The molecule has 0 saturated heterocycles. The Balaban J connectivity index is 0.000000163. The molecule has 0 atom stereocenters. The van der Waals surface area contributed by atoms with Gasteiger partial charge in [-0.2, -0.15) is 19.2 Å². The van der Waals surface area contributed by atoms with E-state index in [0.29, 0.717) is 13.2 Å². The molecule has 0 unspecified atom stereocenters. The van der Waals surface area contributed by atoms with E-state index in [0.717, 1.165) is 92.0 Å². The Labute approximate surface area is 354 Å². The molecular formula is C43H36N10O6S2. The first-order valence-electron chi connectivity index (χ1n) is 18.6. The summed E-state index contributed by atoms with van der Waals surface area (Å²) in [6, 6.07) is 26.9. The first-order valence-corrected chi connectivity index (χ1v) is 20.3. The standard InChI is InChI=1S/C21H19N5OS.C20H17N5OS.2CO2/c1-13-3-5-18-15(9-13)25-21(26(18)7-8-27-2)17-11-22-20(24-17)14-4-6-19-16(10-14)23-12-28-19;1-26-9-8-25-17-5-3-2-4-14(17)24-20(25)16-11-21-19(23-16)13-6-7-18-15(10-13)22-12-27-18;2*2-1-3/h3-6,9-12H,7-8H2,1-2H3,(H,22,24);2-7,10-12H,8-9H2,1H3,(H,21,23);;. The predicted molar refractivity (Wildman–Crippen MR) is 230 cm³/mol. The number of methoxy groups -OCH3 is 2. The van der Waals surface area contributed by atoms with Crippen molar-refractivity contribution in [2.24, 2.45) is 0 Å². The third-order valence-corrected chi connectivity index (χ3v) is 11.1. The molecule has 6 aromatic heterocycles. The number of carbonyl (C=O) groups excluding carboxylic acids is 4. The minimum atomic E-state index is 0.250. The number of hydrogen-bond acceptors (Lipinski definition) is 14. The van der Waals surface area contributed by atoms with Crippen LogP contribution in [0.2, 0.25) is 0 Å². The van der Waals surface area contributed by atoms with Crippen LogP contribution in [0.15, 0.2) is 102 Å². The van der Waals surface area contributed by atoms with Crippen molar-refractivity contribution in [2.45, 2.75) is 20.0 Å². The van der Waals surface area contributed by atoms with Gasteiger partial charge in [0, 0.05) is 38.4 Å². The smallest absolute Gasteiger partial charge is 0.373 e. The zero-order valence-electron chi connectivity index (χ0n) is 33.0. The maximum Gasteiger partial charge on any atom is 0.373 e. The summed E-state index contributed by atoms with van der Waals surface area (Å²) in [4.78, 5) is 67.0. The van der Waals surface area contributed by atoms with Gasteiger partial charge in [-0.15, -0.1) is 22.7 Å². The molecule has 61 heavy (non-hydrogen) atoms. The quantitative estimate of drug-likeness (QED) is 0.135. The molecule has 0 bridgehead atoms. The second-order valence-electron chi connectivity index (χ2n) is 13.2. The summed E-state index contributed by atoms with van der Waals surface area (Å²) in [6.45, 7) is 4.77. The third kappa shape index (κ3) is 9.30. The number of rotatable bonds is 10. The number of H-pyrrole nitrogens is 2. The Morgan fingerprint density at radius 2 is 1.08 bits per heavy atom. The van der Waals surface area contributed by atoms with Crippen molar-refractivity contribution in [1.29, 1.82) is 0 Å². The Morgan fingerprint density at radius 1 is 0.590 bits per heavy atom. The van der Waals surface area contributed by atoms with Crippen LogP contribution in [0.25, 0.3) is 88.3 Å². The molecule has 18 heteroatoms. The number of imidazole rings is 4. The van der Waals surface area contributed by atoms with Gasteiger partial charge in [0.15, 0.2) is 11.6 Å². The van der Waals surface area contributed by atoms with E-state index in [4.69, 9.17) is 38.6 Å². The number of nitrogens with zero attached hydrogens (tertiary/aromatic N) is 8. The van der Waals surface area contributed by atoms with Crippen molar-refractivity contribution in [3.8, 4) is 45.8 Å². The largest absolute Gasteiger partial charge is 0.383 e. The number of benzene rings is 4. The molecule has 0 amide bonds. The van der Waals surface area contributed by atoms with Crippen molar-refractivity contribution < 1.29 is 28.7 Å². The molecule has 0 aliphatic carbocycles. The molecule has 10 aromatic rings. The van der Waals surface area contributed by atoms with E-state index in [1.54, 1.807) is 36.9 Å². The first kappa shape index (κ1) is 41.8. The fourth-order valence-electron chi connectivity index (χ4n) is 6.72. The van der Waals surface area contributed by atoms with Crippen LogP contribution in [0, 0.1) is 6.92 Å². The van der Waals surface area contributed by atoms with Gasteiger partial charge in [-0.05, 0) is 73.2 Å². The lowest BCUT2D eigenvalue weighted by molar-refractivity contribution is -0.193. The highest BCUT2D eigenvalue weighted by molar-refractivity contribution is 7.17. The highest BCUT2D eigenvalue weighted by Gasteiger charge is 2.17. The number of para-hydroxylation sites is 2. The van der Waals surface area contributed by atoms with Crippen molar-refractivity contribution >= 4 is 77.5 Å². The average Bonchev–Trinajstić information content (AvgIpc) is 4.14. The maximum atomic E-state index is 8.12. The molecular weight excluding hydrogens is 817 g/mol. The molecule has 6 heterocycles. The minimum Gasteiger partial charge on any atom is -0.383 e. The van der Waals surface area contributed by atoms with Crippen LogP contribution in [0.3, 0.4) is 0 Å². The van der Waals surface area contributed by atoms with Crippen LogP contribution in [-0.2, 0) is 41.7 Å². The van der Waals surface area contributed by atoms with E-state index >= 15 is 0 Å². The molecule has 0 spiro atoms. The molecule has 0 aliphatic heterocycles. The van der Waals surface area contributed by atoms with E-state index < -0.39 is 0 Å². The minimum absolute atomic E-state index is 0.250. The number of thiazole rings is 2. The van der Waals surface area contributed by atoms with Gasteiger partial charge in [-0.1, -0.05) is 18.2 Å². The zero-order valence-corrected chi connectivity index (χ0v) is 34.6. The molecule has 2 N–H and O–H groups in total. The number of nitrogens with one attached hydrogen (secondary N) is 2. The number of hydrogen-bond donors (Lipinski definition) is 2. The summed E-state index contributed by atoms with van der Waals surface area (Å²) in [5.41, 5.74) is 14.8. The van der Waals surface area contributed by atoms with E-state index in [9.17, 15) is 0 Å². The summed E-state index contributed by atoms with van der Waals surface area (Å²) >= 11 is 3.28. The van der Waals surface area contributed by atoms with Crippen LogP contribution >= 0.6 is 22.7 Å². The maximum absolute atomic E-state index is 8.12. The molecule has 0 aliphatic rings. The van der Waals surface area contributed by atoms with Crippen molar-refractivity contribution in [1.82, 2.24) is 49.0 Å². The predicted octanol–water partition coefficient (Wildman–Crippen LogP) is 7.84. The van der Waals surface area contributed by atoms with E-state index in [1.807, 2.05) is 41.6 Å². The van der Waals surface area contributed by atoms with Gasteiger partial charge in [-0.25, -0.2) is 29.9 Å². The van der Waals surface area contributed by atoms with Gasteiger partial charge in [0.25, 0.3) is 0 Å². The first-order chi connectivity index (χ1) is 29.9. The number of aromatic amines is 2. The highest BCUT2D eigenvalue weighted by atomic mass is 32.1. The van der Waals surface area contributed by atoms with Gasteiger partial charge < -0.3 is 28.6 Å². The molecule has 306 valence electrons. The second-order valence-corrected chi connectivity index (χ2v) is 14.9. The van der Waals surface area contributed by atoms with E-state index in [1.165, 1.54) is 15.0 Å². The average molecular weight is 853 g/mol. The Morgan fingerprint density at radius 3 is 1.61 bits per heavy atom. The fraction of sp³-hybridized carbons (Fsp3) is 0.163. The van der Waals surface area contributed by atoms with Crippen molar-refractivity contribution in [3.05, 3.63) is 108 Å². The van der Waals surface area contributed by atoms with Crippen LogP contribution in [-0.4, -0.2) is 88.7 Å². The Bertz CT molecular complexity index is 3120. The van der Waals surface area contributed by atoms with Crippen molar-refractivity contribution in [3.63, 3.8) is 0 Å². The summed E-state index contributed by atoms with van der Waals surface area (Å²) in [5, 5.41) is 0. The number of aryl methyl sites for hydroxylation is 1. The summed E-state index contributed by atoms with van der Waals surface area (Å²) < 4.78 is 17.3. The highest BCUT2D eigenvalue weighted by Crippen LogP contribution is 2.30. The molecule has 16 nitrogen and oxygen atoms in total. The molecule has 0 radical (unpaired) electrons. The Hall–Kier alpha value is -7.30. The summed E-state index contributed by atoms with van der Waals surface area (Å²) in [7, 11) is 3.42. The lowest BCUT2D eigenvalue weighted by Crippen LogP contribution is -2.06. The van der Waals surface area contributed by atoms with Gasteiger partial charge in [-0.3, -0.25) is 0 Å². The molecule has 0 fully saturated rings. The number of aromatic nitrogens is 10. The van der Waals surface area contributed by atoms with Crippen LogP contribution in [0.5, 0.6) is 0 Å². The summed E-state index contributed by atoms with van der Waals surface area (Å²) in [6.07, 6.45) is 4.18. The van der Waals surface area contributed by atoms with Gasteiger partial charge in [0.1, 0.15) is 23.0 Å². The summed E-state index contributed by atoms with van der Waals surface area (Å²) in [5.74, 6) is 3.35. The van der Waals surface area contributed by atoms with E-state index in [-0.39, 0.29) is 12.3 Å². The van der Waals surface area contributed by atoms with Crippen LogP contribution < -0.4 is 0 Å². The van der Waals surface area contributed by atoms with Gasteiger partial charge in [0.2, 0.25) is 0 Å². The zero-order chi connectivity index (χ0) is 42.7. The van der Waals surface area contributed by atoms with Gasteiger partial charge >= 0.3 is 12.3 Å². The molecule has 4 aromatic carbocycles. The van der Waals surface area contributed by atoms with E-state index in [2.05, 4.69) is 107 Å². The van der Waals surface area contributed by atoms with Gasteiger partial charge in [0.05, 0.1) is 79.1 Å². The fourth-order valence-corrected chi connectivity index (χ4v) is 8.04. The number of ether oxygens (including phenoxy) is 2. The molecule has 10 rings (SSSR count). The third-order valence-electron chi connectivity index (χ3n) is 9.44. The monoisotopic (exact) mass is 852 g/mol. The lowest BCUT2D eigenvalue weighted by atomic mass is 10.2. The molecule has 0 saturated carbocycles. The topological polar surface area (TPSA) is 206 Å². The normalized spacial score (nSPS) is 10.7. The number of fused-ring (bicyclic) bond motifs is 4. The van der Waals surface area contributed by atoms with Crippen LogP contribution in [0.4, 0.5) is 0 Å². The van der Waals surface area contributed by atoms with Crippen molar-refractivity contribution in [2.75, 3.05) is 27.4 Å².